The van der Waals surface area contributed by atoms with Gasteiger partial charge in [0.2, 0.25) is 0 Å². The van der Waals surface area contributed by atoms with E-state index in [1.807, 2.05) is 25.1 Å². The third-order valence-electron chi connectivity index (χ3n) is 3.06. The van der Waals surface area contributed by atoms with E-state index in [4.69, 9.17) is 28.6 Å². The fraction of sp³-hybridized carbons (Fsp3) is 0.188. The number of ether oxygens (including phenoxy) is 1. The Balaban J connectivity index is 2.00. The van der Waals surface area contributed by atoms with E-state index < -0.39 is 0 Å². The Bertz CT molecular complexity index is 694. The summed E-state index contributed by atoms with van der Waals surface area (Å²) in [5.41, 5.74) is 2.33. The number of hydrogen-bond acceptors (Lipinski definition) is 2. The van der Waals surface area contributed by atoms with Crippen LogP contribution in [-0.4, -0.2) is 12.2 Å². The number of hydrogen-bond donors (Lipinski definition) is 2. The van der Waals surface area contributed by atoms with Gasteiger partial charge in [-0.3, -0.25) is 0 Å². The molecular formula is C16H16ClFN2OS. The van der Waals surface area contributed by atoms with Gasteiger partial charge < -0.3 is 15.4 Å². The molecule has 0 radical (unpaired) electrons. The van der Waals surface area contributed by atoms with Crippen molar-refractivity contribution >= 4 is 34.6 Å². The predicted molar refractivity (Wildman–Crippen MR) is 92.2 cm³/mol. The predicted octanol–water partition coefficient (Wildman–Crippen LogP) is 4.28. The minimum atomic E-state index is -0.365. The van der Waals surface area contributed by atoms with E-state index in [0.717, 1.165) is 11.3 Å². The summed E-state index contributed by atoms with van der Waals surface area (Å²) in [6, 6.07) is 10.3. The molecule has 2 rings (SSSR count). The number of anilines is 1. The Hall–Kier alpha value is -1.85. The van der Waals surface area contributed by atoms with Crippen molar-refractivity contribution < 1.29 is 9.13 Å². The molecule has 0 heterocycles. The highest BCUT2D eigenvalue weighted by atomic mass is 35.5. The molecule has 0 saturated carbocycles. The van der Waals surface area contributed by atoms with E-state index in [-0.39, 0.29) is 12.4 Å². The molecule has 3 nitrogen and oxygen atoms in total. The standard InChI is InChI=1S/C16H16ClFN2OS/c1-10-3-6-15(21-2)14(7-10)20-16(22)19-9-11-4-5-12(17)8-13(11)18/h3-8H,9H2,1-2H3,(H2,19,20,22). The van der Waals surface area contributed by atoms with Crippen molar-refractivity contribution in [2.75, 3.05) is 12.4 Å². The minimum absolute atomic E-state index is 0.267. The molecule has 22 heavy (non-hydrogen) atoms. The third kappa shape index (κ3) is 4.32. The number of nitrogens with one attached hydrogen (secondary N) is 2. The van der Waals surface area contributed by atoms with Crippen LogP contribution in [0.15, 0.2) is 36.4 Å². The van der Waals surface area contributed by atoms with Crippen molar-refractivity contribution in [3.63, 3.8) is 0 Å². The Morgan fingerprint density at radius 1 is 1.27 bits per heavy atom. The van der Waals surface area contributed by atoms with Gasteiger partial charge in [0.15, 0.2) is 5.11 Å². The SMILES string of the molecule is COc1ccc(C)cc1NC(=S)NCc1ccc(Cl)cc1F. The maximum Gasteiger partial charge on any atom is 0.171 e. The second-order valence-corrected chi connectivity index (χ2v) is 5.59. The molecule has 116 valence electrons. The van der Waals surface area contributed by atoms with Crippen molar-refractivity contribution in [3.05, 3.63) is 58.4 Å². The average molecular weight is 339 g/mol. The zero-order valence-corrected chi connectivity index (χ0v) is 13.8. The van der Waals surface area contributed by atoms with Gasteiger partial charge >= 0.3 is 0 Å². The van der Waals surface area contributed by atoms with Crippen LogP contribution in [0.25, 0.3) is 0 Å². The van der Waals surface area contributed by atoms with Gasteiger partial charge in [0.1, 0.15) is 11.6 Å². The van der Waals surface area contributed by atoms with E-state index in [1.54, 1.807) is 19.2 Å². The van der Waals surface area contributed by atoms with Gasteiger partial charge in [0, 0.05) is 17.1 Å². The zero-order valence-electron chi connectivity index (χ0n) is 12.2. The van der Waals surface area contributed by atoms with E-state index in [2.05, 4.69) is 10.6 Å². The summed E-state index contributed by atoms with van der Waals surface area (Å²) in [5, 5.41) is 6.76. The summed E-state index contributed by atoms with van der Waals surface area (Å²) >= 11 is 11.0. The van der Waals surface area contributed by atoms with Gasteiger partial charge in [-0.2, -0.15) is 0 Å². The number of halogens is 2. The maximum absolute atomic E-state index is 13.7. The summed E-state index contributed by atoms with van der Waals surface area (Å²) in [6.45, 7) is 2.24. The van der Waals surface area contributed by atoms with E-state index in [0.29, 0.717) is 21.4 Å². The normalized spacial score (nSPS) is 10.2. The summed E-state index contributed by atoms with van der Waals surface area (Å²) < 4.78 is 19.0. The topological polar surface area (TPSA) is 33.3 Å². The first-order chi connectivity index (χ1) is 10.5. The molecule has 0 saturated heterocycles. The molecule has 0 aromatic heterocycles. The lowest BCUT2D eigenvalue weighted by molar-refractivity contribution is 0.417. The Morgan fingerprint density at radius 3 is 2.73 bits per heavy atom. The molecule has 6 heteroatoms. The molecule has 0 aliphatic carbocycles. The van der Waals surface area contributed by atoms with Crippen molar-refractivity contribution in [2.24, 2.45) is 0 Å². The fourth-order valence-corrected chi connectivity index (χ4v) is 2.27. The largest absolute Gasteiger partial charge is 0.495 e. The second-order valence-electron chi connectivity index (χ2n) is 4.75. The van der Waals surface area contributed by atoms with Gasteiger partial charge in [-0.25, -0.2) is 4.39 Å². The van der Waals surface area contributed by atoms with Crippen LogP contribution in [0.3, 0.4) is 0 Å². The maximum atomic E-state index is 13.7. The molecule has 0 unspecified atom stereocenters. The van der Waals surface area contributed by atoms with Gasteiger partial charge in [-0.05, 0) is 49.0 Å². The third-order valence-corrected chi connectivity index (χ3v) is 3.54. The Labute approximate surface area is 139 Å². The quantitative estimate of drug-likeness (QED) is 0.815. The number of benzene rings is 2. The molecule has 0 aliphatic rings. The summed E-state index contributed by atoms with van der Waals surface area (Å²) in [7, 11) is 1.59. The van der Waals surface area contributed by atoms with E-state index in [1.165, 1.54) is 6.07 Å². The van der Waals surface area contributed by atoms with Crippen LogP contribution < -0.4 is 15.4 Å². The van der Waals surface area contributed by atoms with E-state index >= 15 is 0 Å². The first kappa shape index (κ1) is 16.5. The smallest absolute Gasteiger partial charge is 0.171 e. The Kier molecular flexibility index (Phi) is 5.57. The van der Waals surface area contributed by atoms with Crippen molar-refractivity contribution in [2.45, 2.75) is 13.5 Å². The molecule has 0 aliphatic heterocycles. The number of aryl methyl sites for hydroxylation is 1. The van der Waals surface area contributed by atoms with Crippen LogP contribution in [0.5, 0.6) is 5.75 Å². The molecule has 0 amide bonds. The molecule has 2 aromatic rings. The molecule has 0 atom stereocenters. The lowest BCUT2D eigenvalue weighted by atomic mass is 10.2. The summed E-state index contributed by atoms with van der Waals surface area (Å²) in [6.07, 6.45) is 0. The number of thiocarbonyl (C=S) groups is 1. The first-order valence-corrected chi connectivity index (χ1v) is 7.41. The van der Waals surface area contributed by atoms with Crippen LogP contribution in [-0.2, 0) is 6.54 Å². The van der Waals surface area contributed by atoms with Crippen molar-refractivity contribution in [3.8, 4) is 5.75 Å². The molecule has 0 spiro atoms. The number of rotatable bonds is 4. The second kappa shape index (κ2) is 7.42. The zero-order chi connectivity index (χ0) is 16.1. The van der Waals surface area contributed by atoms with Crippen molar-refractivity contribution in [1.29, 1.82) is 0 Å². The molecule has 2 N–H and O–H groups in total. The lowest BCUT2D eigenvalue weighted by Gasteiger charge is -2.14. The summed E-state index contributed by atoms with van der Waals surface area (Å²) in [5.74, 6) is 0.323. The van der Waals surface area contributed by atoms with Gasteiger partial charge in [-0.1, -0.05) is 23.7 Å². The summed E-state index contributed by atoms with van der Waals surface area (Å²) in [4.78, 5) is 0. The highest BCUT2D eigenvalue weighted by Gasteiger charge is 2.07. The lowest BCUT2D eigenvalue weighted by Crippen LogP contribution is -2.28. The van der Waals surface area contributed by atoms with Crippen molar-refractivity contribution in [1.82, 2.24) is 5.32 Å². The van der Waals surface area contributed by atoms with Crippen LogP contribution >= 0.6 is 23.8 Å². The van der Waals surface area contributed by atoms with E-state index in [9.17, 15) is 4.39 Å². The average Bonchev–Trinajstić information content (AvgIpc) is 2.46. The van der Waals surface area contributed by atoms with Gasteiger partial charge in [0.25, 0.3) is 0 Å². The highest BCUT2D eigenvalue weighted by Crippen LogP contribution is 2.25. The monoisotopic (exact) mass is 338 g/mol. The molecule has 2 aromatic carbocycles. The number of methoxy groups -OCH3 is 1. The molecular weight excluding hydrogens is 323 g/mol. The fourth-order valence-electron chi connectivity index (χ4n) is 1.93. The molecule has 0 fully saturated rings. The Morgan fingerprint density at radius 2 is 2.05 bits per heavy atom. The highest BCUT2D eigenvalue weighted by molar-refractivity contribution is 7.80. The van der Waals surface area contributed by atoms with Gasteiger partial charge in [0.05, 0.1) is 12.8 Å². The molecule has 0 bridgehead atoms. The van der Waals surface area contributed by atoms with Crippen LogP contribution in [0.2, 0.25) is 5.02 Å². The van der Waals surface area contributed by atoms with Gasteiger partial charge in [-0.15, -0.1) is 0 Å². The minimum Gasteiger partial charge on any atom is -0.495 e. The van der Waals surface area contributed by atoms with Crippen LogP contribution in [0.4, 0.5) is 10.1 Å². The first-order valence-electron chi connectivity index (χ1n) is 6.63. The van der Waals surface area contributed by atoms with Crippen LogP contribution in [0.1, 0.15) is 11.1 Å². The van der Waals surface area contributed by atoms with Crippen LogP contribution in [0, 0.1) is 12.7 Å².